The smallest absolute Gasteiger partial charge is 0.243 e. The van der Waals surface area contributed by atoms with Gasteiger partial charge in [-0.25, -0.2) is 0 Å². The van der Waals surface area contributed by atoms with E-state index < -0.39 is 23.5 Å². The van der Waals surface area contributed by atoms with Crippen LogP contribution in [0.1, 0.15) is 32.8 Å². The van der Waals surface area contributed by atoms with Gasteiger partial charge in [-0.05, 0) is 32.8 Å². The van der Waals surface area contributed by atoms with E-state index in [1.54, 1.807) is 0 Å². The van der Waals surface area contributed by atoms with Crippen LogP contribution in [0.4, 0.5) is 0 Å². The second-order valence-electron chi connectivity index (χ2n) is 6.61. The van der Waals surface area contributed by atoms with Gasteiger partial charge < -0.3 is 21.5 Å². The quantitative estimate of drug-likeness (QED) is 0.581. The Bertz CT molecular complexity index is 512. The lowest BCUT2D eigenvalue weighted by Gasteiger charge is -2.26. The van der Waals surface area contributed by atoms with Crippen molar-refractivity contribution in [1.82, 2.24) is 10.6 Å². The molecule has 0 aliphatic heterocycles. The van der Waals surface area contributed by atoms with Crippen molar-refractivity contribution in [3.63, 3.8) is 0 Å². The van der Waals surface area contributed by atoms with Gasteiger partial charge >= 0.3 is 0 Å². The molecule has 0 saturated heterocycles. The number of rotatable bonds is 7. The molecule has 6 heteroatoms. The molecule has 0 radical (unpaired) electrons. The number of aliphatic hydroxyl groups is 1. The van der Waals surface area contributed by atoms with Gasteiger partial charge in [-0.1, -0.05) is 30.3 Å². The van der Waals surface area contributed by atoms with Gasteiger partial charge in [-0.3, -0.25) is 9.59 Å². The van der Waals surface area contributed by atoms with Gasteiger partial charge in [0.15, 0.2) is 0 Å². The molecule has 0 unspecified atom stereocenters. The number of hydrogen-bond donors (Lipinski definition) is 4. The summed E-state index contributed by atoms with van der Waals surface area (Å²) in [4.78, 5) is 24.5. The van der Waals surface area contributed by atoms with Crippen LogP contribution in [0.25, 0.3) is 0 Å². The van der Waals surface area contributed by atoms with E-state index in [2.05, 4.69) is 10.6 Å². The number of carbonyl (C=O) groups excluding carboxylic acids is 2. The van der Waals surface area contributed by atoms with Gasteiger partial charge in [0.25, 0.3) is 0 Å². The van der Waals surface area contributed by atoms with E-state index in [1.807, 2.05) is 51.1 Å². The van der Waals surface area contributed by atoms with Crippen LogP contribution in [0, 0.1) is 0 Å². The van der Waals surface area contributed by atoms with Crippen molar-refractivity contribution in [3.8, 4) is 0 Å². The lowest BCUT2D eigenvalue weighted by Crippen LogP contribution is -2.55. The number of aliphatic hydroxyl groups excluding tert-OH is 1. The molecule has 0 bridgehead atoms. The molecular weight excluding hydrogens is 294 g/mol. The molecular formula is C17H27N3O3. The molecule has 1 rings (SSSR count). The second-order valence-corrected chi connectivity index (χ2v) is 6.61. The molecule has 0 fully saturated rings. The summed E-state index contributed by atoms with van der Waals surface area (Å²) >= 11 is 0. The van der Waals surface area contributed by atoms with Crippen molar-refractivity contribution < 1.29 is 14.7 Å². The molecule has 0 aromatic heterocycles. The third-order valence-electron chi connectivity index (χ3n) is 3.19. The van der Waals surface area contributed by atoms with Crippen LogP contribution in [-0.2, 0) is 16.0 Å². The van der Waals surface area contributed by atoms with Crippen molar-refractivity contribution in [2.75, 3.05) is 6.61 Å². The average molecular weight is 321 g/mol. The number of nitrogens with one attached hydrogen (secondary N) is 2. The van der Waals surface area contributed by atoms with Crippen LogP contribution in [0.3, 0.4) is 0 Å². The summed E-state index contributed by atoms with van der Waals surface area (Å²) < 4.78 is 0. The van der Waals surface area contributed by atoms with Crippen LogP contribution < -0.4 is 16.4 Å². The van der Waals surface area contributed by atoms with Crippen molar-refractivity contribution in [1.29, 1.82) is 0 Å². The Kier molecular flexibility index (Phi) is 7.19. The fourth-order valence-corrected chi connectivity index (χ4v) is 2.06. The number of carbonyl (C=O) groups is 2. The fourth-order valence-electron chi connectivity index (χ4n) is 2.06. The molecule has 0 spiro atoms. The van der Waals surface area contributed by atoms with Gasteiger partial charge in [-0.15, -0.1) is 0 Å². The summed E-state index contributed by atoms with van der Waals surface area (Å²) in [6.07, 6.45) is 0.533. The molecule has 0 heterocycles. The van der Waals surface area contributed by atoms with Crippen molar-refractivity contribution in [2.45, 2.75) is 51.2 Å². The first kappa shape index (κ1) is 19.1. The number of nitrogens with two attached hydrogens (primary N) is 1. The van der Waals surface area contributed by atoms with Crippen molar-refractivity contribution in [2.24, 2.45) is 5.73 Å². The number of benzene rings is 1. The summed E-state index contributed by atoms with van der Waals surface area (Å²) in [5.41, 5.74) is 6.24. The minimum Gasteiger partial charge on any atom is -0.396 e. The maximum Gasteiger partial charge on any atom is 0.243 e. The van der Waals surface area contributed by atoms with Crippen molar-refractivity contribution >= 4 is 11.8 Å². The third-order valence-corrected chi connectivity index (χ3v) is 3.19. The molecule has 1 aromatic carbocycles. The van der Waals surface area contributed by atoms with E-state index in [0.29, 0.717) is 6.42 Å². The normalized spacial score (nSPS) is 14.0. The van der Waals surface area contributed by atoms with E-state index in [4.69, 9.17) is 10.8 Å². The SMILES string of the molecule is CC(C)(C)NC(=O)[C@H](Cc1ccccc1)NC(=O)[C@@H](N)CCO. The van der Waals surface area contributed by atoms with E-state index >= 15 is 0 Å². The Morgan fingerprint density at radius 3 is 2.30 bits per heavy atom. The van der Waals surface area contributed by atoms with Gasteiger partial charge in [0.2, 0.25) is 11.8 Å². The van der Waals surface area contributed by atoms with Crippen LogP contribution in [0.15, 0.2) is 30.3 Å². The minimum atomic E-state index is -0.833. The predicted octanol–water partition coefficient (Wildman–Crippen LogP) is 0.338. The molecule has 0 saturated carbocycles. The summed E-state index contributed by atoms with van der Waals surface area (Å²) in [7, 11) is 0. The van der Waals surface area contributed by atoms with Crippen LogP contribution in [0.2, 0.25) is 0 Å². The van der Waals surface area contributed by atoms with Crippen molar-refractivity contribution in [3.05, 3.63) is 35.9 Å². The Morgan fingerprint density at radius 1 is 1.17 bits per heavy atom. The maximum absolute atomic E-state index is 12.5. The highest BCUT2D eigenvalue weighted by Crippen LogP contribution is 2.06. The first-order valence-corrected chi connectivity index (χ1v) is 7.75. The van der Waals surface area contributed by atoms with Crippen LogP contribution in [-0.4, -0.2) is 41.2 Å². The lowest BCUT2D eigenvalue weighted by molar-refractivity contribution is -0.130. The maximum atomic E-state index is 12.5. The largest absolute Gasteiger partial charge is 0.396 e. The zero-order valence-corrected chi connectivity index (χ0v) is 14.0. The highest BCUT2D eigenvalue weighted by molar-refractivity contribution is 5.90. The molecule has 2 atom stereocenters. The second kappa shape index (κ2) is 8.64. The zero-order valence-electron chi connectivity index (χ0n) is 14.0. The predicted molar refractivity (Wildman–Crippen MR) is 89.7 cm³/mol. The third kappa shape index (κ3) is 7.25. The molecule has 1 aromatic rings. The topological polar surface area (TPSA) is 104 Å². The number of hydrogen-bond acceptors (Lipinski definition) is 4. The van der Waals surface area contributed by atoms with E-state index in [1.165, 1.54) is 0 Å². The van der Waals surface area contributed by atoms with E-state index in [-0.39, 0.29) is 18.9 Å². The highest BCUT2D eigenvalue weighted by Gasteiger charge is 2.26. The lowest BCUT2D eigenvalue weighted by atomic mass is 10.0. The van der Waals surface area contributed by atoms with Gasteiger partial charge in [0, 0.05) is 18.6 Å². The monoisotopic (exact) mass is 321 g/mol. The van der Waals surface area contributed by atoms with E-state index in [9.17, 15) is 9.59 Å². The average Bonchev–Trinajstić information content (AvgIpc) is 2.46. The Morgan fingerprint density at radius 2 is 1.78 bits per heavy atom. The molecule has 5 N–H and O–H groups in total. The first-order valence-electron chi connectivity index (χ1n) is 7.75. The summed E-state index contributed by atoms with van der Waals surface area (Å²) in [5.74, 6) is -0.699. The fraction of sp³-hybridized carbons (Fsp3) is 0.529. The Labute approximate surface area is 137 Å². The van der Waals surface area contributed by atoms with Gasteiger partial charge in [-0.2, -0.15) is 0 Å². The summed E-state index contributed by atoms with van der Waals surface area (Å²) in [6, 6.07) is 7.91. The standard InChI is InChI=1S/C17H27N3O3/c1-17(2,3)20-16(23)14(11-12-7-5-4-6-8-12)19-15(22)13(18)9-10-21/h4-8,13-14,21H,9-11,18H2,1-3H3,(H,19,22)(H,20,23)/t13-,14-/m0/s1. The molecule has 6 nitrogen and oxygen atoms in total. The molecule has 0 aliphatic carbocycles. The first-order chi connectivity index (χ1) is 10.7. The van der Waals surface area contributed by atoms with Gasteiger partial charge in [0.1, 0.15) is 6.04 Å². The molecule has 0 aliphatic rings. The molecule has 2 amide bonds. The highest BCUT2D eigenvalue weighted by atomic mass is 16.3. The van der Waals surface area contributed by atoms with Gasteiger partial charge in [0.05, 0.1) is 6.04 Å². The number of amides is 2. The summed E-state index contributed by atoms with van der Waals surface area (Å²) in [5, 5.41) is 14.4. The summed E-state index contributed by atoms with van der Waals surface area (Å²) in [6.45, 7) is 5.46. The minimum absolute atomic E-state index is 0.158. The van der Waals surface area contributed by atoms with Crippen LogP contribution in [0.5, 0.6) is 0 Å². The van der Waals surface area contributed by atoms with E-state index in [0.717, 1.165) is 5.56 Å². The molecule has 128 valence electrons. The Balaban J connectivity index is 2.83. The molecule has 23 heavy (non-hydrogen) atoms. The zero-order chi connectivity index (χ0) is 17.5. The van der Waals surface area contributed by atoms with Crippen LogP contribution >= 0.6 is 0 Å². The Hall–Kier alpha value is -1.92.